The number of fused-ring (bicyclic) bond motifs is 6. The van der Waals surface area contributed by atoms with Gasteiger partial charge in [0, 0.05) is 18.3 Å². The number of hydrogen-bond donors (Lipinski definition) is 0. The number of hydrogen-bond acceptors (Lipinski definition) is 3. The number of carbonyl (C=O) groups excluding carboxylic acids is 2. The maximum atomic E-state index is 11.9. The molecule has 0 bridgehead atoms. The third kappa shape index (κ3) is 1.93. The van der Waals surface area contributed by atoms with Crippen molar-refractivity contribution in [1.29, 1.82) is 0 Å². The molecule has 5 rings (SSSR count). The van der Waals surface area contributed by atoms with E-state index in [1.165, 1.54) is 31.3 Å². The first-order valence-corrected chi connectivity index (χ1v) is 10.3. The predicted octanol–water partition coefficient (Wildman–Crippen LogP) is 4.59. The van der Waals surface area contributed by atoms with Gasteiger partial charge in [-0.15, -0.1) is 0 Å². The lowest BCUT2D eigenvalue weighted by Gasteiger charge is -2.59. The van der Waals surface area contributed by atoms with Crippen molar-refractivity contribution in [2.24, 2.45) is 28.6 Å². The summed E-state index contributed by atoms with van der Waals surface area (Å²) in [4.78, 5) is 23.8. The lowest BCUT2D eigenvalue weighted by atomic mass is 9.46. The van der Waals surface area contributed by atoms with E-state index in [4.69, 9.17) is 4.74 Å². The maximum absolute atomic E-state index is 11.9. The van der Waals surface area contributed by atoms with Gasteiger partial charge in [-0.05, 0) is 80.6 Å². The largest absolute Gasteiger partial charge is 0.458 e. The molecule has 5 aliphatic rings. The first kappa shape index (κ1) is 16.1. The molecule has 1 heterocycles. The molecule has 2 unspecified atom stereocenters. The van der Waals surface area contributed by atoms with Crippen LogP contribution in [0, 0.1) is 28.6 Å². The van der Waals surface area contributed by atoms with Crippen molar-refractivity contribution in [1.82, 2.24) is 0 Å². The van der Waals surface area contributed by atoms with Crippen molar-refractivity contribution in [3.63, 3.8) is 0 Å². The summed E-state index contributed by atoms with van der Waals surface area (Å²) < 4.78 is 6.01. The number of allylic oxidation sites excluding steroid dienone is 1. The van der Waals surface area contributed by atoms with Gasteiger partial charge < -0.3 is 4.74 Å². The molecule has 25 heavy (non-hydrogen) atoms. The fraction of sp³-hybridized carbons (Fsp3) is 0.818. The number of ether oxygens (including phenoxy) is 1. The van der Waals surface area contributed by atoms with E-state index in [0.717, 1.165) is 38.0 Å². The van der Waals surface area contributed by atoms with Crippen LogP contribution in [-0.4, -0.2) is 17.4 Å². The molecule has 0 aromatic heterocycles. The van der Waals surface area contributed by atoms with Crippen LogP contribution in [0.3, 0.4) is 0 Å². The molecular formula is C22H30O3. The zero-order valence-electron chi connectivity index (χ0n) is 15.6. The molecule has 3 nitrogen and oxygen atoms in total. The molecule has 0 aromatic rings. The van der Waals surface area contributed by atoms with E-state index < -0.39 is 0 Å². The summed E-state index contributed by atoms with van der Waals surface area (Å²) in [5, 5.41) is 0. The first-order valence-electron chi connectivity index (χ1n) is 10.3. The molecule has 4 fully saturated rings. The van der Waals surface area contributed by atoms with E-state index in [-0.39, 0.29) is 22.4 Å². The molecule has 0 radical (unpaired) electrons. The van der Waals surface area contributed by atoms with Crippen LogP contribution in [0.1, 0.15) is 78.1 Å². The van der Waals surface area contributed by atoms with Crippen molar-refractivity contribution < 1.29 is 14.3 Å². The predicted molar refractivity (Wildman–Crippen MR) is 94.8 cm³/mol. The van der Waals surface area contributed by atoms with Gasteiger partial charge in [-0.2, -0.15) is 0 Å². The van der Waals surface area contributed by atoms with Gasteiger partial charge in [-0.1, -0.05) is 19.4 Å². The third-order valence-corrected chi connectivity index (χ3v) is 9.29. The van der Waals surface area contributed by atoms with E-state index in [9.17, 15) is 9.59 Å². The molecule has 0 amide bonds. The fourth-order valence-corrected chi connectivity index (χ4v) is 7.85. The van der Waals surface area contributed by atoms with Gasteiger partial charge in [-0.3, -0.25) is 9.59 Å². The molecule has 4 aliphatic carbocycles. The molecule has 6 atom stereocenters. The van der Waals surface area contributed by atoms with Crippen molar-refractivity contribution >= 4 is 11.8 Å². The highest BCUT2D eigenvalue weighted by atomic mass is 16.6. The summed E-state index contributed by atoms with van der Waals surface area (Å²) in [5.41, 5.74) is 1.68. The van der Waals surface area contributed by atoms with E-state index in [0.29, 0.717) is 24.0 Å². The smallest absolute Gasteiger partial charge is 0.306 e. The van der Waals surface area contributed by atoms with Crippen LogP contribution in [-0.2, 0) is 14.3 Å². The van der Waals surface area contributed by atoms with Crippen LogP contribution in [0.5, 0.6) is 0 Å². The van der Waals surface area contributed by atoms with Crippen LogP contribution in [0.2, 0.25) is 0 Å². The van der Waals surface area contributed by atoms with Gasteiger partial charge in [0.25, 0.3) is 0 Å². The second-order valence-electron chi connectivity index (χ2n) is 9.93. The fourth-order valence-electron chi connectivity index (χ4n) is 7.85. The van der Waals surface area contributed by atoms with Crippen LogP contribution < -0.4 is 0 Å². The quantitative estimate of drug-likeness (QED) is 0.605. The van der Waals surface area contributed by atoms with E-state index >= 15 is 0 Å². The molecule has 0 N–H and O–H groups in total. The Labute approximate surface area is 150 Å². The van der Waals surface area contributed by atoms with Crippen LogP contribution >= 0.6 is 0 Å². The summed E-state index contributed by atoms with van der Waals surface area (Å²) in [6, 6.07) is 0. The Morgan fingerprint density at radius 1 is 0.920 bits per heavy atom. The lowest BCUT2D eigenvalue weighted by molar-refractivity contribution is -0.168. The van der Waals surface area contributed by atoms with Gasteiger partial charge in [0.2, 0.25) is 0 Å². The Kier molecular flexibility index (Phi) is 3.21. The Morgan fingerprint density at radius 3 is 2.48 bits per heavy atom. The van der Waals surface area contributed by atoms with E-state index in [1.54, 1.807) is 0 Å². The van der Waals surface area contributed by atoms with Crippen LogP contribution in [0.4, 0.5) is 0 Å². The van der Waals surface area contributed by atoms with E-state index in [2.05, 4.69) is 13.8 Å². The molecule has 1 saturated heterocycles. The van der Waals surface area contributed by atoms with Gasteiger partial charge in [0.05, 0.1) is 0 Å². The van der Waals surface area contributed by atoms with Crippen molar-refractivity contribution in [2.75, 3.05) is 0 Å². The highest BCUT2D eigenvalue weighted by Gasteiger charge is 2.66. The molecule has 1 spiro atoms. The Morgan fingerprint density at radius 2 is 1.72 bits per heavy atom. The number of ketones is 1. The summed E-state index contributed by atoms with van der Waals surface area (Å²) >= 11 is 0. The molecule has 1 aliphatic heterocycles. The first-order chi connectivity index (χ1) is 11.9. The van der Waals surface area contributed by atoms with Gasteiger partial charge in [-0.25, -0.2) is 0 Å². The van der Waals surface area contributed by atoms with Crippen LogP contribution in [0.25, 0.3) is 0 Å². The van der Waals surface area contributed by atoms with Gasteiger partial charge in [0.15, 0.2) is 5.78 Å². The second kappa shape index (κ2) is 4.98. The minimum absolute atomic E-state index is 0.0237. The van der Waals surface area contributed by atoms with Crippen molar-refractivity contribution in [3.05, 3.63) is 11.6 Å². The van der Waals surface area contributed by atoms with Crippen molar-refractivity contribution in [3.8, 4) is 0 Å². The van der Waals surface area contributed by atoms with E-state index in [1.807, 2.05) is 6.08 Å². The Bertz CT molecular complexity index is 679. The average Bonchev–Trinajstić information content (AvgIpc) is 3.10. The molecule has 3 saturated carbocycles. The van der Waals surface area contributed by atoms with Crippen LogP contribution in [0.15, 0.2) is 11.6 Å². The number of esters is 1. The Hall–Kier alpha value is -1.12. The maximum Gasteiger partial charge on any atom is 0.306 e. The lowest BCUT2D eigenvalue weighted by Crippen LogP contribution is -2.54. The molecule has 0 aromatic carbocycles. The summed E-state index contributed by atoms with van der Waals surface area (Å²) in [5.74, 6) is 2.51. The van der Waals surface area contributed by atoms with Gasteiger partial charge in [0.1, 0.15) is 5.60 Å². The summed E-state index contributed by atoms with van der Waals surface area (Å²) in [6.07, 6.45) is 12.3. The number of carbonyl (C=O) groups is 2. The van der Waals surface area contributed by atoms with Gasteiger partial charge >= 0.3 is 5.97 Å². The summed E-state index contributed by atoms with van der Waals surface area (Å²) in [7, 11) is 0. The standard InChI is InChI=1S/C22H30O3/c1-20-9-5-15(23)13-14(20)3-4-16-17(20)6-10-21(2)18(16)7-11-22(21)12-8-19(24)25-22/h13,16-18H,3-12H2,1-2H3/t16-,17+,18+,20?,21?,22-/m1/s1. The highest BCUT2D eigenvalue weighted by molar-refractivity contribution is 5.91. The summed E-state index contributed by atoms with van der Waals surface area (Å²) in [6.45, 7) is 4.86. The minimum atomic E-state index is -0.167. The zero-order valence-corrected chi connectivity index (χ0v) is 15.6. The topological polar surface area (TPSA) is 43.4 Å². The monoisotopic (exact) mass is 342 g/mol. The normalized spacial score (nSPS) is 51.6. The zero-order chi connectivity index (χ0) is 17.4. The average molecular weight is 342 g/mol. The molecule has 3 heteroatoms. The Balaban J connectivity index is 1.49. The molecular weight excluding hydrogens is 312 g/mol. The molecule has 136 valence electrons. The SMILES string of the molecule is CC12CCC(=O)C=C1CC[C@@H]1[C@@H]2CCC2(C)[C@H]1CC[C@@]21CCC(=O)O1. The minimum Gasteiger partial charge on any atom is -0.458 e. The second-order valence-corrected chi connectivity index (χ2v) is 9.93. The number of rotatable bonds is 0. The highest BCUT2D eigenvalue weighted by Crippen LogP contribution is 2.69. The third-order valence-electron chi connectivity index (χ3n) is 9.29. The van der Waals surface area contributed by atoms with Crippen molar-refractivity contribution in [2.45, 2.75) is 83.7 Å².